The minimum atomic E-state index is 0.682. The zero-order chi connectivity index (χ0) is 15.1. The molecule has 1 saturated heterocycles. The lowest BCUT2D eigenvalue weighted by Crippen LogP contribution is -2.35. The molecule has 1 aliphatic heterocycles. The third-order valence-electron chi connectivity index (χ3n) is 3.99. The van der Waals surface area contributed by atoms with Crippen molar-refractivity contribution < 1.29 is 14.2 Å². The van der Waals surface area contributed by atoms with E-state index in [9.17, 15) is 0 Å². The third kappa shape index (κ3) is 4.53. The topological polar surface area (TPSA) is 30.9 Å². The molecule has 0 spiro atoms. The predicted octanol–water partition coefficient (Wildman–Crippen LogP) is 3.20. The molecule has 1 fully saturated rings. The second-order valence-electron chi connectivity index (χ2n) is 5.74. The molecular formula is C17H27NO3. The zero-order valence-corrected chi connectivity index (χ0v) is 13.4. The van der Waals surface area contributed by atoms with Crippen LogP contribution in [0, 0.1) is 5.92 Å². The van der Waals surface area contributed by atoms with Crippen LogP contribution in [0.15, 0.2) is 18.2 Å². The predicted molar refractivity (Wildman–Crippen MR) is 84.5 cm³/mol. The fraction of sp³-hybridized carbons (Fsp3) is 0.647. The molecule has 4 heteroatoms. The van der Waals surface area contributed by atoms with Crippen LogP contribution in [0.5, 0.6) is 17.2 Å². The molecule has 1 aromatic rings. The molecule has 118 valence electrons. The van der Waals surface area contributed by atoms with Crippen LogP contribution < -0.4 is 14.2 Å². The number of hydrogen-bond acceptors (Lipinski definition) is 4. The minimum Gasteiger partial charge on any atom is -0.493 e. The summed E-state index contributed by atoms with van der Waals surface area (Å²) in [6, 6.07) is 5.69. The fourth-order valence-electron chi connectivity index (χ4n) is 2.91. The number of rotatable bonds is 7. The summed E-state index contributed by atoms with van der Waals surface area (Å²) in [6.07, 6.45) is 3.71. The van der Waals surface area contributed by atoms with Gasteiger partial charge in [0.15, 0.2) is 11.5 Å². The van der Waals surface area contributed by atoms with Crippen molar-refractivity contribution in [1.82, 2.24) is 4.90 Å². The number of likely N-dealkylation sites (tertiary alicyclic amines) is 1. The number of ether oxygens (including phenoxy) is 3. The molecule has 21 heavy (non-hydrogen) atoms. The minimum absolute atomic E-state index is 0.682. The van der Waals surface area contributed by atoms with Crippen molar-refractivity contribution in [3.05, 3.63) is 18.2 Å². The number of benzene rings is 1. The first kappa shape index (κ1) is 16.0. The van der Waals surface area contributed by atoms with Gasteiger partial charge >= 0.3 is 0 Å². The molecule has 0 radical (unpaired) electrons. The molecular weight excluding hydrogens is 266 g/mol. The second-order valence-corrected chi connectivity index (χ2v) is 5.74. The standard InChI is InChI=1S/C17H27NO3/c1-14-7-5-10-18(13-14)11-6-12-21-17-15(19-2)8-4-9-16(17)20-3/h4,8-9,14H,5-7,10-13H2,1-3H3/t14-/m1/s1. The maximum Gasteiger partial charge on any atom is 0.203 e. The van der Waals surface area contributed by atoms with Gasteiger partial charge in [0.05, 0.1) is 20.8 Å². The number of piperidine rings is 1. The first-order chi connectivity index (χ1) is 10.2. The maximum atomic E-state index is 5.89. The molecule has 4 nitrogen and oxygen atoms in total. The van der Waals surface area contributed by atoms with Crippen LogP contribution in [0.25, 0.3) is 0 Å². The number of para-hydroxylation sites is 1. The SMILES string of the molecule is COc1cccc(OC)c1OCCCN1CCC[C@@H](C)C1. The van der Waals surface area contributed by atoms with Gasteiger partial charge in [0.1, 0.15) is 0 Å². The lowest BCUT2D eigenvalue weighted by Gasteiger charge is -2.30. The maximum absolute atomic E-state index is 5.89. The molecule has 0 saturated carbocycles. The van der Waals surface area contributed by atoms with Gasteiger partial charge in [0.2, 0.25) is 5.75 Å². The summed E-state index contributed by atoms with van der Waals surface area (Å²) >= 11 is 0. The molecule has 0 bridgehead atoms. The van der Waals surface area contributed by atoms with Crippen LogP contribution in [0.3, 0.4) is 0 Å². The van der Waals surface area contributed by atoms with Gasteiger partial charge in [-0.1, -0.05) is 13.0 Å². The highest BCUT2D eigenvalue weighted by Crippen LogP contribution is 2.36. The van der Waals surface area contributed by atoms with Gasteiger partial charge in [0, 0.05) is 13.1 Å². The van der Waals surface area contributed by atoms with Gasteiger partial charge in [-0.3, -0.25) is 0 Å². The highest BCUT2D eigenvalue weighted by molar-refractivity contribution is 5.51. The molecule has 0 N–H and O–H groups in total. The summed E-state index contributed by atoms with van der Waals surface area (Å²) in [6.45, 7) is 6.56. The average molecular weight is 293 g/mol. The fourth-order valence-corrected chi connectivity index (χ4v) is 2.91. The van der Waals surface area contributed by atoms with Crippen molar-refractivity contribution in [3.8, 4) is 17.2 Å². The lowest BCUT2D eigenvalue weighted by atomic mass is 10.0. The average Bonchev–Trinajstić information content (AvgIpc) is 2.51. The highest BCUT2D eigenvalue weighted by Gasteiger charge is 2.16. The quantitative estimate of drug-likeness (QED) is 0.722. The Labute approximate surface area is 128 Å². The van der Waals surface area contributed by atoms with Gasteiger partial charge in [0.25, 0.3) is 0 Å². The largest absolute Gasteiger partial charge is 0.493 e. The summed E-state index contributed by atoms with van der Waals surface area (Å²) in [5.74, 6) is 2.98. The Kier molecular flexibility index (Phi) is 6.18. The lowest BCUT2D eigenvalue weighted by molar-refractivity contribution is 0.168. The van der Waals surface area contributed by atoms with Gasteiger partial charge in [-0.05, 0) is 43.9 Å². The molecule has 1 aliphatic rings. The van der Waals surface area contributed by atoms with E-state index in [1.165, 1.54) is 25.9 Å². The van der Waals surface area contributed by atoms with E-state index in [1.807, 2.05) is 18.2 Å². The number of hydrogen-bond donors (Lipinski definition) is 0. The Morgan fingerprint density at radius 1 is 1.19 bits per heavy atom. The summed E-state index contributed by atoms with van der Waals surface area (Å²) in [5, 5.41) is 0. The van der Waals surface area contributed by atoms with Crippen LogP contribution >= 0.6 is 0 Å². The van der Waals surface area contributed by atoms with Crippen LogP contribution in [0.2, 0.25) is 0 Å². The normalized spacial score (nSPS) is 19.3. The van der Waals surface area contributed by atoms with Crippen LogP contribution in [0.4, 0.5) is 0 Å². The van der Waals surface area contributed by atoms with E-state index in [2.05, 4.69) is 11.8 Å². The van der Waals surface area contributed by atoms with Gasteiger partial charge < -0.3 is 19.1 Å². The van der Waals surface area contributed by atoms with Crippen molar-refractivity contribution >= 4 is 0 Å². The van der Waals surface area contributed by atoms with Crippen LogP contribution in [0.1, 0.15) is 26.2 Å². The Morgan fingerprint density at radius 3 is 2.52 bits per heavy atom. The van der Waals surface area contributed by atoms with Crippen LogP contribution in [-0.4, -0.2) is 45.4 Å². The highest BCUT2D eigenvalue weighted by atomic mass is 16.5. The van der Waals surface area contributed by atoms with E-state index >= 15 is 0 Å². The van der Waals surface area contributed by atoms with Crippen molar-refractivity contribution in [1.29, 1.82) is 0 Å². The van der Waals surface area contributed by atoms with Gasteiger partial charge in [-0.2, -0.15) is 0 Å². The van der Waals surface area contributed by atoms with E-state index in [4.69, 9.17) is 14.2 Å². The molecule has 1 atom stereocenters. The number of methoxy groups -OCH3 is 2. The molecule has 1 aromatic carbocycles. The van der Waals surface area contributed by atoms with Crippen molar-refractivity contribution in [2.75, 3.05) is 40.5 Å². The van der Waals surface area contributed by atoms with Crippen molar-refractivity contribution in [2.24, 2.45) is 5.92 Å². The monoisotopic (exact) mass is 293 g/mol. The Balaban J connectivity index is 1.80. The summed E-state index contributed by atoms with van der Waals surface area (Å²) in [4.78, 5) is 2.54. The molecule has 1 heterocycles. The first-order valence-electron chi connectivity index (χ1n) is 7.80. The van der Waals surface area contributed by atoms with E-state index in [-0.39, 0.29) is 0 Å². The summed E-state index contributed by atoms with van der Waals surface area (Å²) < 4.78 is 16.6. The molecule has 0 amide bonds. The Morgan fingerprint density at radius 2 is 1.90 bits per heavy atom. The molecule has 0 unspecified atom stereocenters. The second kappa shape index (κ2) is 8.13. The van der Waals surface area contributed by atoms with E-state index < -0.39 is 0 Å². The molecule has 2 rings (SSSR count). The molecule has 0 aliphatic carbocycles. The number of nitrogens with zero attached hydrogens (tertiary/aromatic N) is 1. The summed E-state index contributed by atoms with van der Waals surface area (Å²) in [5.41, 5.74) is 0. The first-order valence-corrected chi connectivity index (χ1v) is 7.80. The third-order valence-corrected chi connectivity index (χ3v) is 3.99. The van der Waals surface area contributed by atoms with Gasteiger partial charge in [-0.25, -0.2) is 0 Å². The molecule has 0 aromatic heterocycles. The van der Waals surface area contributed by atoms with E-state index in [1.54, 1.807) is 14.2 Å². The smallest absolute Gasteiger partial charge is 0.203 e. The Hall–Kier alpha value is -1.42. The zero-order valence-electron chi connectivity index (χ0n) is 13.4. The van der Waals surface area contributed by atoms with Gasteiger partial charge in [-0.15, -0.1) is 0 Å². The van der Waals surface area contributed by atoms with E-state index in [0.29, 0.717) is 12.4 Å². The Bertz CT molecular complexity index is 414. The van der Waals surface area contributed by atoms with Crippen LogP contribution in [-0.2, 0) is 0 Å². The van der Waals surface area contributed by atoms with E-state index in [0.717, 1.165) is 30.4 Å². The van der Waals surface area contributed by atoms with Crippen molar-refractivity contribution in [2.45, 2.75) is 26.2 Å². The van der Waals surface area contributed by atoms with Crippen molar-refractivity contribution in [3.63, 3.8) is 0 Å². The summed E-state index contributed by atoms with van der Waals surface area (Å²) in [7, 11) is 3.30.